The van der Waals surface area contributed by atoms with Crippen molar-refractivity contribution in [3.8, 4) is 29.8 Å². The van der Waals surface area contributed by atoms with E-state index in [9.17, 15) is 14.4 Å². The highest BCUT2D eigenvalue weighted by molar-refractivity contribution is 5.83. The number of aromatic nitrogens is 10. The Morgan fingerprint density at radius 3 is 1.83 bits per heavy atom. The molecule has 23 nitrogen and oxygen atoms in total. The maximum atomic E-state index is 12.3. The highest BCUT2D eigenvalue weighted by Gasteiger charge is 2.19. The van der Waals surface area contributed by atoms with Gasteiger partial charge in [-0.3, -0.25) is 9.13 Å². The average molecular weight is 808 g/mol. The highest BCUT2D eigenvalue weighted by atomic mass is 16.5. The molecule has 0 spiro atoms. The molecule has 0 atom stereocenters. The predicted octanol–water partition coefficient (Wildman–Crippen LogP) is 1.47. The number of H-pyrrole nitrogens is 1. The maximum Gasteiger partial charge on any atom is 0.341 e. The number of carboxylic acid groups (broad SMARTS) is 2. The first kappa shape index (κ1) is 43.4. The molecule has 6 heterocycles. The fraction of sp³-hybridized carbons (Fsp3) is 0.371. The van der Waals surface area contributed by atoms with Gasteiger partial charge in [-0.2, -0.15) is 24.9 Å². The Morgan fingerprint density at radius 1 is 0.759 bits per heavy atom. The number of carbonyl (C=O) groups is 2. The molecule has 0 aliphatic carbocycles. The number of nitrogens with two attached hydrogens (primary N) is 3. The van der Waals surface area contributed by atoms with Crippen molar-refractivity contribution >= 4 is 45.9 Å². The Kier molecular flexibility index (Phi) is 15.4. The number of aromatic amines is 1. The quantitative estimate of drug-likeness (QED) is 0.0631. The summed E-state index contributed by atoms with van der Waals surface area (Å²) in [5.41, 5.74) is 19.9. The summed E-state index contributed by atoms with van der Waals surface area (Å²) in [5, 5.41) is 17.3. The van der Waals surface area contributed by atoms with Crippen molar-refractivity contribution in [3.05, 3.63) is 58.3 Å². The number of aliphatic carboxylic acids is 2. The minimum Gasteiger partial charge on any atom is -0.479 e. The van der Waals surface area contributed by atoms with Crippen molar-refractivity contribution in [2.24, 2.45) is 5.73 Å². The molecule has 23 heteroatoms. The first-order chi connectivity index (χ1) is 27.5. The standard InChI is InChI=1S/C18H22N6O5.C16H19N7O5.CH4/c1-3-4-7-28-17-22-15(19)14-16(23-17)24(18(21-14)27-2)9-11-5-6-12(20-8-11)29-10-13(25)26;17-4-1-5-27-15-21-13(18)12-14(22-15)23(16(26)20-12)7-9-2-3-10(19-6-9)28-8-11(24)25;/h5-6,8H,3-4,7,9-10H2,1-2H3,(H,25,26)(H2,19,22,23);2-3,6H,1,4-5,7-8,17H2,(H,20,26)(H,24,25)(H2,18,21,22);1H4. The van der Waals surface area contributed by atoms with Gasteiger partial charge < -0.3 is 56.1 Å². The molecule has 0 saturated heterocycles. The third-order valence-electron chi connectivity index (χ3n) is 7.65. The molecule has 0 saturated carbocycles. The van der Waals surface area contributed by atoms with Crippen molar-refractivity contribution in [1.82, 2.24) is 49.0 Å². The van der Waals surface area contributed by atoms with E-state index in [1.54, 1.807) is 29.0 Å². The van der Waals surface area contributed by atoms with Crippen LogP contribution in [0.15, 0.2) is 41.5 Å². The van der Waals surface area contributed by atoms with E-state index in [4.69, 9.17) is 51.1 Å². The topological polar surface area (TPSA) is 332 Å². The van der Waals surface area contributed by atoms with Crippen LogP contribution in [0.1, 0.15) is 44.7 Å². The number of nitrogens with zero attached hydrogens (tertiary/aromatic N) is 9. The van der Waals surface area contributed by atoms with Gasteiger partial charge in [0.25, 0.3) is 6.01 Å². The normalized spacial score (nSPS) is 10.7. The van der Waals surface area contributed by atoms with Crippen LogP contribution in [0, 0.1) is 0 Å². The smallest absolute Gasteiger partial charge is 0.341 e. The van der Waals surface area contributed by atoms with Crippen LogP contribution < -0.4 is 46.6 Å². The van der Waals surface area contributed by atoms with Gasteiger partial charge in [0.15, 0.2) is 41.7 Å². The van der Waals surface area contributed by atoms with Gasteiger partial charge in [0.1, 0.15) is 5.52 Å². The zero-order valence-electron chi connectivity index (χ0n) is 31.0. The Hall–Kier alpha value is -7.30. The Bertz CT molecular complexity index is 2350. The number of methoxy groups -OCH3 is 1. The van der Waals surface area contributed by atoms with Gasteiger partial charge in [-0.05, 0) is 30.5 Å². The average Bonchev–Trinajstić information content (AvgIpc) is 3.71. The molecule has 9 N–H and O–H groups in total. The first-order valence-corrected chi connectivity index (χ1v) is 17.4. The molecule has 6 aromatic rings. The van der Waals surface area contributed by atoms with Crippen LogP contribution in [0.4, 0.5) is 11.6 Å². The van der Waals surface area contributed by atoms with Crippen LogP contribution in [-0.2, 0) is 22.7 Å². The van der Waals surface area contributed by atoms with E-state index in [-0.39, 0.29) is 49.4 Å². The van der Waals surface area contributed by atoms with Gasteiger partial charge in [0.05, 0.1) is 33.4 Å². The van der Waals surface area contributed by atoms with Crippen LogP contribution in [0.25, 0.3) is 22.3 Å². The third kappa shape index (κ3) is 11.4. The molecule has 0 aliphatic heterocycles. The van der Waals surface area contributed by atoms with E-state index < -0.39 is 30.8 Å². The number of nitrogens with one attached hydrogen (secondary N) is 1. The summed E-state index contributed by atoms with van der Waals surface area (Å²) in [6.07, 6.45) is 5.55. The van der Waals surface area contributed by atoms with Gasteiger partial charge in [-0.1, -0.05) is 32.9 Å². The van der Waals surface area contributed by atoms with Crippen LogP contribution in [0.5, 0.6) is 29.8 Å². The number of ether oxygens (including phenoxy) is 5. The largest absolute Gasteiger partial charge is 0.479 e. The molecule has 0 radical (unpaired) electrons. The number of unbranched alkanes of at least 4 members (excludes halogenated alkanes) is 1. The number of anilines is 2. The zero-order chi connectivity index (χ0) is 40.9. The number of carboxylic acids is 2. The Morgan fingerprint density at radius 2 is 1.31 bits per heavy atom. The van der Waals surface area contributed by atoms with Crippen LogP contribution in [0.3, 0.4) is 0 Å². The molecule has 0 aromatic carbocycles. The van der Waals surface area contributed by atoms with E-state index in [0.717, 1.165) is 18.4 Å². The summed E-state index contributed by atoms with van der Waals surface area (Å²) >= 11 is 0. The minimum atomic E-state index is -1.10. The van der Waals surface area contributed by atoms with E-state index in [1.807, 2.05) is 0 Å². The van der Waals surface area contributed by atoms with Crippen LogP contribution in [0.2, 0.25) is 0 Å². The number of imidazole rings is 2. The fourth-order valence-corrected chi connectivity index (χ4v) is 4.96. The number of pyridine rings is 2. The molecule has 6 aromatic heterocycles. The van der Waals surface area contributed by atoms with Crippen molar-refractivity contribution in [2.75, 3.05) is 51.5 Å². The summed E-state index contributed by atoms with van der Waals surface area (Å²) in [4.78, 5) is 65.4. The number of rotatable bonds is 19. The van der Waals surface area contributed by atoms with Gasteiger partial charge in [-0.25, -0.2) is 24.4 Å². The number of hydrogen-bond donors (Lipinski definition) is 6. The number of hydrogen-bond acceptors (Lipinski definition) is 18. The van der Waals surface area contributed by atoms with Crippen LogP contribution in [-0.4, -0.2) is 111 Å². The summed E-state index contributed by atoms with van der Waals surface area (Å²) in [6.45, 7) is 2.91. The van der Waals surface area contributed by atoms with Crippen molar-refractivity contribution in [2.45, 2.75) is 46.7 Å². The molecular weight excluding hydrogens is 762 g/mol. The van der Waals surface area contributed by atoms with Gasteiger partial charge in [0, 0.05) is 24.5 Å². The van der Waals surface area contributed by atoms with Crippen LogP contribution >= 0.6 is 0 Å². The van der Waals surface area contributed by atoms with E-state index in [0.29, 0.717) is 66.6 Å². The van der Waals surface area contributed by atoms with Gasteiger partial charge >= 0.3 is 29.6 Å². The van der Waals surface area contributed by atoms with E-state index in [2.05, 4.69) is 46.8 Å². The third-order valence-corrected chi connectivity index (χ3v) is 7.65. The lowest BCUT2D eigenvalue weighted by Crippen LogP contribution is -2.18. The first-order valence-electron chi connectivity index (χ1n) is 17.4. The van der Waals surface area contributed by atoms with Crippen molar-refractivity contribution < 1.29 is 43.5 Å². The summed E-state index contributed by atoms with van der Waals surface area (Å²) in [7, 11) is 1.50. The molecule has 0 bridgehead atoms. The summed E-state index contributed by atoms with van der Waals surface area (Å²) in [6, 6.07) is 7.09. The zero-order valence-corrected chi connectivity index (χ0v) is 31.0. The monoisotopic (exact) mass is 807 g/mol. The number of fused-ring (bicyclic) bond motifs is 2. The minimum absolute atomic E-state index is 0. The molecule has 58 heavy (non-hydrogen) atoms. The fourth-order valence-electron chi connectivity index (χ4n) is 4.96. The SMILES string of the molecule is C.CCCCOc1nc(N)c2nc(OC)n(Cc3ccc(OCC(=O)O)nc3)c2n1.NCCCOc1nc(N)c2[nH]c(=O)n(Cc3ccc(OCC(=O)O)nc3)c2n1. The lowest BCUT2D eigenvalue weighted by atomic mass is 10.3. The predicted molar refractivity (Wildman–Crippen MR) is 208 cm³/mol. The Balaban J connectivity index is 0.000000252. The second-order valence-corrected chi connectivity index (χ2v) is 11.9. The number of nitrogen functional groups attached to an aromatic ring is 2. The van der Waals surface area contributed by atoms with E-state index in [1.165, 1.54) is 23.9 Å². The second-order valence-electron chi connectivity index (χ2n) is 11.9. The highest BCUT2D eigenvalue weighted by Crippen LogP contribution is 2.27. The Labute approximate surface area is 330 Å². The molecule has 310 valence electrons. The van der Waals surface area contributed by atoms with Gasteiger partial charge in [-0.15, -0.1) is 0 Å². The molecule has 6 rings (SSSR count). The van der Waals surface area contributed by atoms with E-state index >= 15 is 0 Å². The second kappa shape index (κ2) is 20.6. The molecular formula is C35H45N13O10. The lowest BCUT2D eigenvalue weighted by molar-refractivity contribution is -0.140. The molecule has 0 amide bonds. The summed E-state index contributed by atoms with van der Waals surface area (Å²) < 4.78 is 29.5. The van der Waals surface area contributed by atoms with Crippen molar-refractivity contribution in [3.63, 3.8) is 0 Å². The molecule has 0 aliphatic rings. The molecule has 0 fully saturated rings. The lowest BCUT2D eigenvalue weighted by Gasteiger charge is -2.09. The maximum absolute atomic E-state index is 12.3. The van der Waals surface area contributed by atoms with Gasteiger partial charge in [0.2, 0.25) is 11.8 Å². The summed E-state index contributed by atoms with van der Waals surface area (Å²) in [5.74, 6) is -1.48. The van der Waals surface area contributed by atoms with Crippen molar-refractivity contribution in [1.29, 1.82) is 0 Å². The molecule has 0 unspecified atom stereocenters.